The smallest absolute Gasteiger partial charge is 0.266 e. The van der Waals surface area contributed by atoms with Gasteiger partial charge in [-0.1, -0.05) is 72.5 Å². The molecule has 0 bridgehead atoms. The first-order chi connectivity index (χ1) is 13.0. The SMILES string of the molecule is O=C([O-])CCN1C(=O)/C(=C/c2c3ccccc3cc3ccccc23)SC1=S. The first kappa shape index (κ1) is 17.7. The fourth-order valence-corrected chi connectivity index (χ4v) is 4.52. The molecule has 0 radical (unpaired) electrons. The van der Waals surface area contributed by atoms with Gasteiger partial charge in [0, 0.05) is 18.9 Å². The number of thioether (sulfide) groups is 1. The van der Waals surface area contributed by atoms with Gasteiger partial charge < -0.3 is 9.90 Å². The summed E-state index contributed by atoms with van der Waals surface area (Å²) < 4.78 is 0.372. The van der Waals surface area contributed by atoms with Crippen LogP contribution in [0, 0.1) is 0 Å². The summed E-state index contributed by atoms with van der Waals surface area (Å²) in [5.41, 5.74) is 0.962. The maximum atomic E-state index is 12.7. The van der Waals surface area contributed by atoms with Gasteiger partial charge in [0.25, 0.3) is 5.91 Å². The van der Waals surface area contributed by atoms with E-state index in [4.69, 9.17) is 12.2 Å². The van der Waals surface area contributed by atoms with Crippen molar-refractivity contribution in [3.63, 3.8) is 0 Å². The molecule has 134 valence electrons. The molecule has 0 atom stereocenters. The first-order valence-corrected chi connectivity index (χ1v) is 9.63. The van der Waals surface area contributed by atoms with Crippen molar-refractivity contribution in [2.45, 2.75) is 6.42 Å². The second kappa shape index (κ2) is 7.13. The largest absolute Gasteiger partial charge is 0.550 e. The minimum Gasteiger partial charge on any atom is -0.550 e. The van der Waals surface area contributed by atoms with E-state index >= 15 is 0 Å². The van der Waals surface area contributed by atoms with E-state index in [-0.39, 0.29) is 18.9 Å². The van der Waals surface area contributed by atoms with E-state index in [1.54, 1.807) is 0 Å². The van der Waals surface area contributed by atoms with E-state index in [2.05, 4.69) is 6.07 Å². The number of thiocarbonyl (C=S) groups is 1. The molecule has 0 aliphatic carbocycles. The molecule has 0 saturated carbocycles. The highest BCUT2D eigenvalue weighted by Gasteiger charge is 2.31. The molecule has 3 aromatic rings. The van der Waals surface area contributed by atoms with Crippen molar-refractivity contribution in [3.8, 4) is 0 Å². The van der Waals surface area contributed by atoms with Gasteiger partial charge in [0.15, 0.2) is 0 Å². The van der Waals surface area contributed by atoms with Crippen molar-refractivity contribution in [3.05, 3.63) is 65.1 Å². The van der Waals surface area contributed by atoms with Crippen LogP contribution in [0.1, 0.15) is 12.0 Å². The number of hydrogen-bond donors (Lipinski definition) is 0. The number of carbonyl (C=O) groups excluding carboxylic acids is 2. The summed E-state index contributed by atoms with van der Waals surface area (Å²) in [5.74, 6) is -1.46. The Bertz CT molecular complexity index is 1080. The van der Waals surface area contributed by atoms with Gasteiger partial charge in [-0.25, -0.2) is 0 Å². The molecule has 0 aromatic heterocycles. The third-order valence-electron chi connectivity index (χ3n) is 4.50. The molecule has 4 nitrogen and oxygen atoms in total. The second-order valence-corrected chi connectivity index (χ2v) is 7.86. The van der Waals surface area contributed by atoms with E-state index in [1.807, 2.05) is 54.6 Å². The summed E-state index contributed by atoms with van der Waals surface area (Å²) in [4.78, 5) is 25.3. The van der Waals surface area contributed by atoms with Gasteiger partial charge in [0.2, 0.25) is 0 Å². The molecule has 0 spiro atoms. The number of benzene rings is 3. The van der Waals surface area contributed by atoms with Crippen LogP contribution in [0.15, 0.2) is 59.5 Å². The number of aliphatic carboxylic acids is 1. The van der Waals surface area contributed by atoms with Gasteiger partial charge in [-0.3, -0.25) is 9.69 Å². The Hall–Kier alpha value is -2.70. The molecular weight excluding hydrogens is 378 g/mol. The molecule has 1 amide bonds. The highest BCUT2D eigenvalue weighted by atomic mass is 32.2. The van der Waals surface area contributed by atoms with Crippen molar-refractivity contribution < 1.29 is 14.7 Å². The minimum absolute atomic E-state index is 0.0284. The van der Waals surface area contributed by atoms with Gasteiger partial charge in [-0.05, 0) is 39.3 Å². The molecule has 0 N–H and O–H groups in total. The molecular formula is C21H14NO3S2-. The zero-order valence-electron chi connectivity index (χ0n) is 14.2. The van der Waals surface area contributed by atoms with Gasteiger partial charge in [-0.15, -0.1) is 0 Å². The maximum absolute atomic E-state index is 12.7. The number of hydrogen-bond acceptors (Lipinski definition) is 5. The summed E-state index contributed by atoms with van der Waals surface area (Å²) in [6.07, 6.45) is 1.62. The molecule has 1 saturated heterocycles. The lowest BCUT2D eigenvalue weighted by molar-refractivity contribution is -0.305. The van der Waals surface area contributed by atoms with Crippen LogP contribution in [-0.2, 0) is 9.59 Å². The van der Waals surface area contributed by atoms with E-state index in [0.29, 0.717) is 9.23 Å². The quantitative estimate of drug-likeness (QED) is 0.387. The predicted octanol–water partition coefficient (Wildman–Crippen LogP) is 3.33. The van der Waals surface area contributed by atoms with Gasteiger partial charge >= 0.3 is 0 Å². The monoisotopic (exact) mass is 392 g/mol. The van der Waals surface area contributed by atoms with Crippen LogP contribution in [-0.4, -0.2) is 27.6 Å². The minimum atomic E-state index is -1.20. The molecule has 1 aliphatic heterocycles. The number of nitrogens with zero attached hydrogens (tertiary/aromatic N) is 1. The summed E-state index contributed by atoms with van der Waals surface area (Å²) in [6, 6.07) is 18.2. The van der Waals surface area contributed by atoms with Crippen molar-refractivity contribution in [1.29, 1.82) is 0 Å². The van der Waals surface area contributed by atoms with Crippen LogP contribution in [0.5, 0.6) is 0 Å². The molecule has 1 fully saturated rings. The number of carboxylic acids is 1. The van der Waals surface area contributed by atoms with Crippen molar-refractivity contribution in [1.82, 2.24) is 4.90 Å². The first-order valence-electron chi connectivity index (χ1n) is 8.40. The summed E-state index contributed by atoms with van der Waals surface area (Å²) in [6.45, 7) is 0.0284. The van der Waals surface area contributed by atoms with E-state index in [0.717, 1.165) is 27.1 Å². The van der Waals surface area contributed by atoms with Crippen LogP contribution in [0.3, 0.4) is 0 Å². The molecule has 4 rings (SSSR count). The normalized spacial score (nSPS) is 16.0. The average Bonchev–Trinajstić information content (AvgIpc) is 2.92. The van der Waals surface area contributed by atoms with Crippen LogP contribution in [0.4, 0.5) is 0 Å². The van der Waals surface area contributed by atoms with E-state index in [1.165, 1.54) is 16.7 Å². The van der Waals surface area contributed by atoms with Crippen molar-refractivity contribution in [2.75, 3.05) is 6.54 Å². The second-order valence-electron chi connectivity index (χ2n) is 6.19. The molecule has 3 aromatic carbocycles. The lowest BCUT2D eigenvalue weighted by atomic mass is 9.96. The standard InChI is InChI=1S/C21H15NO3S2/c23-19(24)9-10-22-20(25)18(27-21(22)26)12-17-15-7-3-1-5-13(15)11-14-6-2-4-8-16(14)17/h1-8,11-12H,9-10H2,(H,23,24)/p-1/b18-12-. The van der Waals surface area contributed by atoms with Gasteiger partial charge in [0.05, 0.1) is 4.91 Å². The molecule has 1 aliphatic rings. The predicted molar refractivity (Wildman–Crippen MR) is 111 cm³/mol. The molecule has 27 heavy (non-hydrogen) atoms. The van der Waals surface area contributed by atoms with Gasteiger partial charge in [0.1, 0.15) is 4.32 Å². The Labute approximate surface area is 165 Å². The highest BCUT2D eigenvalue weighted by Crippen LogP contribution is 2.36. The van der Waals surface area contributed by atoms with Crippen molar-refractivity contribution in [2.24, 2.45) is 0 Å². The fraction of sp³-hybridized carbons (Fsp3) is 0.0952. The summed E-state index contributed by atoms with van der Waals surface area (Å²) in [7, 11) is 0. The Kier molecular flexibility index (Phi) is 4.68. The Morgan fingerprint density at radius 1 is 1.07 bits per heavy atom. The van der Waals surface area contributed by atoms with Crippen LogP contribution < -0.4 is 5.11 Å². The van der Waals surface area contributed by atoms with Gasteiger partial charge in [-0.2, -0.15) is 0 Å². The van der Waals surface area contributed by atoms with Crippen molar-refractivity contribution >= 4 is 67.8 Å². The van der Waals surface area contributed by atoms with E-state index in [9.17, 15) is 14.7 Å². The molecule has 0 unspecified atom stereocenters. The fourth-order valence-electron chi connectivity index (χ4n) is 3.23. The Morgan fingerprint density at radius 3 is 2.26 bits per heavy atom. The third kappa shape index (κ3) is 3.34. The topological polar surface area (TPSA) is 60.4 Å². The number of amides is 1. The number of rotatable bonds is 4. The summed E-state index contributed by atoms with van der Waals surface area (Å²) in [5, 5.41) is 15.0. The number of fused-ring (bicyclic) bond motifs is 2. The van der Waals surface area contributed by atoms with Crippen LogP contribution in [0.25, 0.3) is 27.6 Å². The number of carbonyl (C=O) groups is 2. The summed E-state index contributed by atoms with van der Waals surface area (Å²) >= 11 is 6.47. The maximum Gasteiger partial charge on any atom is 0.266 e. The molecule has 6 heteroatoms. The average molecular weight is 392 g/mol. The Morgan fingerprint density at radius 2 is 1.67 bits per heavy atom. The molecule has 1 heterocycles. The Balaban J connectivity index is 1.83. The lowest BCUT2D eigenvalue weighted by Gasteiger charge is -2.14. The zero-order chi connectivity index (χ0) is 19.0. The lowest BCUT2D eigenvalue weighted by Crippen LogP contribution is -2.33. The third-order valence-corrected chi connectivity index (χ3v) is 5.88. The van der Waals surface area contributed by atoms with Crippen LogP contribution >= 0.6 is 24.0 Å². The number of carboxylic acid groups (broad SMARTS) is 1. The highest BCUT2D eigenvalue weighted by molar-refractivity contribution is 8.26. The van der Waals surface area contributed by atoms with E-state index < -0.39 is 5.97 Å². The van der Waals surface area contributed by atoms with Crippen LogP contribution in [0.2, 0.25) is 0 Å². The zero-order valence-corrected chi connectivity index (χ0v) is 15.8.